The van der Waals surface area contributed by atoms with E-state index in [1.165, 1.54) is 10.8 Å². The summed E-state index contributed by atoms with van der Waals surface area (Å²) in [5, 5.41) is 24.6. The van der Waals surface area contributed by atoms with E-state index in [-0.39, 0.29) is 18.3 Å². The monoisotopic (exact) mass is 359 g/mol. The number of carbonyl (C=O) groups is 1. The summed E-state index contributed by atoms with van der Waals surface area (Å²) in [6, 6.07) is 5.25. The Kier molecular flexibility index (Phi) is 4.80. The molecule has 26 heavy (non-hydrogen) atoms. The van der Waals surface area contributed by atoms with Gasteiger partial charge in [0.1, 0.15) is 24.0 Å². The Hall–Kier alpha value is -2.70. The molecule has 138 valence electrons. The Bertz CT molecular complexity index is 856. The molecule has 0 aromatic carbocycles. The van der Waals surface area contributed by atoms with Crippen LogP contribution >= 0.6 is 0 Å². The van der Waals surface area contributed by atoms with Crippen molar-refractivity contribution in [2.24, 2.45) is 5.92 Å². The average Bonchev–Trinajstić information content (AvgIpc) is 3.20. The molecule has 2 aromatic heterocycles. The second-order valence-corrected chi connectivity index (χ2v) is 6.25. The molecule has 3 rings (SSSR count). The predicted molar refractivity (Wildman–Crippen MR) is 90.6 cm³/mol. The predicted octanol–water partition coefficient (Wildman–Crippen LogP) is 0.769. The highest BCUT2D eigenvalue weighted by Crippen LogP contribution is 2.38. The first-order chi connectivity index (χ1) is 12.5. The van der Waals surface area contributed by atoms with Crippen molar-refractivity contribution in [3.05, 3.63) is 24.2 Å². The number of aliphatic hydroxyl groups excluding tert-OH is 1. The van der Waals surface area contributed by atoms with Crippen molar-refractivity contribution >= 4 is 17.3 Å². The van der Waals surface area contributed by atoms with E-state index < -0.39 is 23.8 Å². The van der Waals surface area contributed by atoms with Crippen LogP contribution in [0.2, 0.25) is 0 Å². The number of nitriles is 1. The summed E-state index contributed by atoms with van der Waals surface area (Å²) < 4.78 is 12.5. The fourth-order valence-corrected chi connectivity index (χ4v) is 3.23. The molecular weight excluding hydrogens is 338 g/mol. The van der Waals surface area contributed by atoms with Gasteiger partial charge in [-0.25, -0.2) is 9.50 Å². The summed E-state index contributed by atoms with van der Waals surface area (Å²) in [5.74, 6) is -0.410. The quantitative estimate of drug-likeness (QED) is 0.747. The zero-order valence-corrected chi connectivity index (χ0v) is 14.6. The van der Waals surface area contributed by atoms with Crippen molar-refractivity contribution in [2.75, 3.05) is 12.3 Å². The smallest absolute Gasteiger partial charge is 0.309 e. The molecule has 0 bridgehead atoms. The number of fused-ring (bicyclic) bond motifs is 1. The van der Waals surface area contributed by atoms with Crippen LogP contribution in [-0.2, 0) is 19.9 Å². The lowest BCUT2D eigenvalue weighted by Crippen LogP contribution is -2.42. The lowest BCUT2D eigenvalue weighted by atomic mass is 9.93. The Morgan fingerprint density at radius 2 is 2.31 bits per heavy atom. The molecule has 2 aromatic rings. The van der Waals surface area contributed by atoms with Gasteiger partial charge in [0.2, 0.25) is 5.60 Å². The highest BCUT2D eigenvalue weighted by Gasteiger charge is 2.55. The van der Waals surface area contributed by atoms with E-state index in [4.69, 9.17) is 15.2 Å². The number of aromatic nitrogens is 3. The van der Waals surface area contributed by atoms with Crippen LogP contribution < -0.4 is 5.73 Å². The van der Waals surface area contributed by atoms with Crippen LogP contribution in [0.25, 0.3) is 5.52 Å². The van der Waals surface area contributed by atoms with Gasteiger partial charge in [0, 0.05) is 0 Å². The number of ether oxygens (including phenoxy) is 2. The van der Waals surface area contributed by atoms with Gasteiger partial charge >= 0.3 is 5.97 Å². The highest BCUT2D eigenvalue weighted by atomic mass is 16.6. The van der Waals surface area contributed by atoms with Gasteiger partial charge in [0.05, 0.1) is 18.2 Å². The summed E-state index contributed by atoms with van der Waals surface area (Å²) >= 11 is 0. The molecule has 0 saturated carbocycles. The molecule has 1 saturated heterocycles. The number of hydrogen-bond donors (Lipinski definition) is 2. The van der Waals surface area contributed by atoms with Gasteiger partial charge in [0.15, 0.2) is 11.9 Å². The van der Waals surface area contributed by atoms with Gasteiger partial charge in [-0.05, 0) is 25.0 Å². The van der Waals surface area contributed by atoms with Crippen molar-refractivity contribution in [1.82, 2.24) is 14.6 Å². The lowest BCUT2D eigenvalue weighted by Gasteiger charge is -2.25. The zero-order valence-electron chi connectivity index (χ0n) is 14.6. The maximum absolute atomic E-state index is 12.2. The van der Waals surface area contributed by atoms with Crippen molar-refractivity contribution < 1.29 is 19.4 Å². The molecule has 0 radical (unpaired) electrons. The number of aliphatic hydroxyl groups is 1. The topological polar surface area (TPSA) is 136 Å². The van der Waals surface area contributed by atoms with Crippen LogP contribution in [0.4, 0.5) is 5.82 Å². The molecular formula is C17H21N5O4. The minimum atomic E-state index is -1.72. The second kappa shape index (κ2) is 6.90. The van der Waals surface area contributed by atoms with Gasteiger partial charge in [-0.3, -0.25) is 4.79 Å². The Balaban J connectivity index is 1.92. The number of nitrogens with zero attached hydrogens (tertiary/aromatic N) is 4. The first kappa shape index (κ1) is 18.1. The number of hydrogen-bond acceptors (Lipinski definition) is 8. The van der Waals surface area contributed by atoms with E-state index in [9.17, 15) is 15.2 Å². The molecule has 3 N–H and O–H groups in total. The standard InChI is InChI=1S/C17H21N5O4/c1-3-10(4-2)16(24)26-12-7-25-17(8-18,14(12)23)13-6-5-11-15(19)20-9-21-22(11)13/h5-6,9-10,12,14,23H,3-4,7H2,1-2H3,(H2,19,20,21)/t12-,14+,17-/m0/s1. The maximum Gasteiger partial charge on any atom is 0.309 e. The Labute approximate surface area is 150 Å². The molecule has 1 aliphatic rings. The van der Waals surface area contributed by atoms with Crippen molar-refractivity contribution in [1.29, 1.82) is 5.26 Å². The highest BCUT2D eigenvalue weighted by molar-refractivity contribution is 5.72. The number of esters is 1. The molecule has 9 nitrogen and oxygen atoms in total. The second-order valence-electron chi connectivity index (χ2n) is 6.25. The van der Waals surface area contributed by atoms with Gasteiger partial charge in [-0.15, -0.1) is 0 Å². The minimum absolute atomic E-state index is 0.0889. The van der Waals surface area contributed by atoms with Gasteiger partial charge in [0.25, 0.3) is 0 Å². The first-order valence-electron chi connectivity index (χ1n) is 8.50. The molecule has 0 unspecified atom stereocenters. The normalized spacial score (nSPS) is 25.5. The van der Waals surface area contributed by atoms with E-state index >= 15 is 0 Å². The number of nitrogen functional groups attached to an aromatic ring is 1. The van der Waals surface area contributed by atoms with E-state index in [2.05, 4.69) is 10.1 Å². The number of anilines is 1. The summed E-state index contributed by atoms with van der Waals surface area (Å²) in [6.45, 7) is 3.70. The average molecular weight is 359 g/mol. The Morgan fingerprint density at radius 3 is 2.96 bits per heavy atom. The van der Waals surface area contributed by atoms with Crippen molar-refractivity contribution in [3.63, 3.8) is 0 Å². The molecule has 0 aliphatic carbocycles. The molecule has 3 atom stereocenters. The van der Waals surface area contributed by atoms with Crippen LogP contribution in [0.3, 0.4) is 0 Å². The first-order valence-corrected chi connectivity index (χ1v) is 8.50. The van der Waals surface area contributed by atoms with E-state index in [1.807, 2.05) is 19.9 Å². The summed E-state index contributed by atoms with van der Waals surface area (Å²) in [7, 11) is 0. The van der Waals surface area contributed by atoms with Crippen LogP contribution in [0.1, 0.15) is 32.4 Å². The van der Waals surface area contributed by atoms with Crippen molar-refractivity contribution in [3.8, 4) is 6.07 Å². The van der Waals surface area contributed by atoms with Crippen LogP contribution in [0.15, 0.2) is 18.5 Å². The molecule has 9 heteroatoms. The van der Waals surface area contributed by atoms with E-state index in [0.717, 1.165) is 0 Å². The summed E-state index contributed by atoms with van der Waals surface area (Å²) in [6.07, 6.45) is 0.236. The van der Waals surface area contributed by atoms with Gasteiger partial charge < -0.3 is 20.3 Å². The molecule has 1 fully saturated rings. The Morgan fingerprint density at radius 1 is 1.58 bits per heavy atom. The number of rotatable bonds is 5. The van der Waals surface area contributed by atoms with Crippen LogP contribution in [-0.4, -0.2) is 44.5 Å². The van der Waals surface area contributed by atoms with Crippen molar-refractivity contribution in [2.45, 2.75) is 44.5 Å². The van der Waals surface area contributed by atoms with Gasteiger partial charge in [-0.1, -0.05) is 13.8 Å². The largest absolute Gasteiger partial charge is 0.457 e. The fourth-order valence-electron chi connectivity index (χ4n) is 3.23. The molecule has 3 heterocycles. The van der Waals surface area contributed by atoms with E-state index in [0.29, 0.717) is 24.1 Å². The SMILES string of the molecule is CCC(CC)C(=O)O[C@H]1CO[C@@](C#N)(c2ccc3c(N)ncnn23)[C@@H]1O. The molecule has 0 spiro atoms. The molecule has 1 aliphatic heterocycles. The zero-order chi connectivity index (χ0) is 18.9. The minimum Gasteiger partial charge on any atom is -0.457 e. The van der Waals surface area contributed by atoms with Crippen LogP contribution in [0.5, 0.6) is 0 Å². The van der Waals surface area contributed by atoms with Gasteiger partial charge in [-0.2, -0.15) is 10.4 Å². The van der Waals surface area contributed by atoms with Crippen LogP contribution in [0, 0.1) is 17.2 Å². The van der Waals surface area contributed by atoms with E-state index in [1.54, 1.807) is 12.1 Å². The third-order valence-electron chi connectivity index (χ3n) is 4.86. The third-order valence-corrected chi connectivity index (χ3v) is 4.86. The third kappa shape index (κ3) is 2.67. The summed E-state index contributed by atoms with van der Waals surface area (Å²) in [5.41, 5.74) is 4.90. The number of nitrogens with two attached hydrogens (primary N) is 1. The summed E-state index contributed by atoms with van der Waals surface area (Å²) in [4.78, 5) is 16.1. The maximum atomic E-state index is 12.2. The molecule has 0 amide bonds. The number of carbonyl (C=O) groups excluding carboxylic acids is 1. The fraction of sp³-hybridized carbons (Fsp3) is 0.529. The lowest BCUT2D eigenvalue weighted by molar-refractivity contribution is -0.158.